The van der Waals surface area contributed by atoms with E-state index in [1.807, 2.05) is 34.6 Å². The predicted octanol–water partition coefficient (Wildman–Crippen LogP) is 8.17. The second kappa shape index (κ2) is 22.5. The fraction of sp³-hybridized carbons (Fsp3) is 0.756. The Morgan fingerprint density at radius 3 is 1.36 bits per heavy atom. The number of hydrogen-bond donors (Lipinski definition) is 1. The number of nitrogens with zero attached hydrogens (tertiary/aromatic N) is 2. The molecule has 2 aliphatic heterocycles. The predicted molar refractivity (Wildman–Crippen MR) is 204 cm³/mol. The summed E-state index contributed by atoms with van der Waals surface area (Å²) >= 11 is 0. The highest BCUT2D eigenvalue weighted by molar-refractivity contribution is 5.89. The summed E-state index contributed by atoms with van der Waals surface area (Å²) in [5.41, 5.74) is -1.20. The minimum Gasteiger partial charge on any atom is -0.478 e. The van der Waals surface area contributed by atoms with Gasteiger partial charge in [0.05, 0.1) is 19.2 Å². The molecule has 2 saturated heterocycles. The van der Waals surface area contributed by atoms with Gasteiger partial charge in [-0.3, -0.25) is 19.4 Å². The highest BCUT2D eigenvalue weighted by Crippen LogP contribution is 2.27. The molecule has 2 heterocycles. The fourth-order valence-electron chi connectivity index (χ4n) is 6.57. The lowest BCUT2D eigenvalue weighted by atomic mass is 9.88. The Morgan fingerprint density at radius 2 is 1.04 bits per heavy atom. The van der Waals surface area contributed by atoms with Crippen LogP contribution in [0.25, 0.3) is 0 Å². The lowest BCUT2D eigenvalue weighted by Crippen LogP contribution is -2.50. The Morgan fingerprint density at radius 1 is 0.660 bits per heavy atom. The first-order valence-electron chi connectivity index (χ1n) is 19.2. The van der Waals surface area contributed by atoms with Crippen LogP contribution in [0.1, 0.15) is 133 Å². The highest BCUT2D eigenvalue weighted by Gasteiger charge is 2.36. The first-order chi connectivity index (χ1) is 24.5. The SMILES string of the molecule is CC(C)C[C@@H](/C=C/C(=O)O)CC(=O)[C@@H]1CCCCN1C(=O)OC(C)(C)C.COC(=O)/C=C/[C@@H](CC(=O)[C@@H]1CCCCN1C(=O)OC(C)(C)C)CC(C)C. The molecule has 2 amide bonds. The van der Waals surface area contributed by atoms with Gasteiger partial charge in [0.2, 0.25) is 0 Å². The van der Waals surface area contributed by atoms with Crippen LogP contribution in [-0.4, -0.2) is 94.1 Å². The molecule has 0 aromatic heterocycles. The normalized spacial score (nSPS) is 19.4. The zero-order chi connectivity index (χ0) is 40.5. The van der Waals surface area contributed by atoms with Gasteiger partial charge in [-0.05, 0) is 117 Å². The molecule has 302 valence electrons. The van der Waals surface area contributed by atoms with E-state index < -0.39 is 47.4 Å². The number of methoxy groups -OCH3 is 1. The summed E-state index contributed by atoms with van der Waals surface area (Å²) in [7, 11) is 1.33. The number of carbonyl (C=O) groups excluding carboxylic acids is 5. The van der Waals surface area contributed by atoms with Crippen molar-refractivity contribution in [2.45, 2.75) is 157 Å². The minimum absolute atomic E-state index is 0.0174. The van der Waals surface area contributed by atoms with Gasteiger partial charge in [0.15, 0.2) is 11.6 Å². The van der Waals surface area contributed by atoms with Gasteiger partial charge >= 0.3 is 24.1 Å². The standard InChI is InChI=1S/C21H35NO5.C20H33NO5/c1-15(2)13-16(10-11-19(24)26-6)14-18(23)17-9-7-8-12-22(17)20(25)27-21(3,4)5;1-14(2)12-15(9-10-18(23)24)13-17(22)16-8-6-7-11-21(16)19(25)26-20(3,4)5/h10-11,15-17H,7-9,12-14H2,1-6H3;9-10,14-16H,6-8,11-13H2,1-5H3,(H,23,24)/b11-10+;10-9+/t16-,17+;15-,16+/m11/s1. The lowest BCUT2D eigenvalue weighted by Gasteiger charge is -2.36. The maximum absolute atomic E-state index is 13.0. The Labute approximate surface area is 318 Å². The van der Waals surface area contributed by atoms with E-state index >= 15 is 0 Å². The van der Waals surface area contributed by atoms with Crippen molar-refractivity contribution in [1.82, 2.24) is 9.80 Å². The molecule has 2 aliphatic rings. The van der Waals surface area contributed by atoms with Crippen molar-refractivity contribution in [3.8, 4) is 0 Å². The van der Waals surface area contributed by atoms with Crippen LogP contribution in [0, 0.1) is 23.7 Å². The van der Waals surface area contributed by atoms with Crippen molar-refractivity contribution < 1.29 is 48.1 Å². The first kappa shape index (κ1) is 47.3. The molecule has 53 heavy (non-hydrogen) atoms. The molecule has 4 atom stereocenters. The fourth-order valence-corrected chi connectivity index (χ4v) is 6.57. The number of rotatable bonds is 14. The summed E-state index contributed by atoms with van der Waals surface area (Å²) in [4.78, 5) is 76.2. The molecule has 0 saturated carbocycles. The smallest absolute Gasteiger partial charge is 0.410 e. The maximum atomic E-state index is 13.0. The maximum Gasteiger partial charge on any atom is 0.410 e. The molecule has 0 aromatic rings. The number of carboxylic acids is 1. The summed E-state index contributed by atoms with van der Waals surface area (Å²) in [6, 6.07) is -0.929. The lowest BCUT2D eigenvalue weighted by molar-refractivity contribution is -0.135. The zero-order valence-corrected chi connectivity index (χ0v) is 34.3. The van der Waals surface area contributed by atoms with Crippen LogP contribution < -0.4 is 0 Å². The summed E-state index contributed by atoms with van der Waals surface area (Å²) in [5, 5.41) is 8.86. The monoisotopic (exact) mass is 748 g/mol. The average Bonchev–Trinajstić information content (AvgIpc) is 3.04. The van der Waals surface area contributed by atoms with E-state index in [2.05, 4.69) is 18.6 Å². The van der Waals surface area contributed by atoms with E-state index in [1.165, 1.54) is 13.2 Å². The third-order valence-corrected chi connectivity index (χ3v) is 8.70. The summed E-state index contributed by atoms with van der Waals surface area (Å²) in [5.74, 6) is -0.890. The first-order valence-corrected chi connectivity index (χ1v) is 19.2. The highest BCUT2D eigenvalue weighted by atomic mass is 16.6. The van der Waals surface area contributed by atoms with E-state index in [4.69, 9.17) is 14.6 Å². The molecule has 12 nitrogen and oxygen atoms in total. The van der Waals surface area contributed by atoms with Gasteiger partial charge in [-0.15, -0.1) is 0 Å². The Hall–Kier alpha value is -3.70. The van der Waals surface area contributed by atoms with E-state index in [0.717, 1.165) is 44.6 Å². The summed E-state index contributed by atoms with van der Waals surface area (Å²) in [6.07, 6.45) is 11.9. The largest absolute Gasteiger partial charge is 0.478 e. The van der Waals surface area contributed by atoms with Crippen molar-refractivity contribution in [3.05, 3.63) is 24.3 Å². The second-order valence-electron chi connectivity index (χ2n) is 17.1. The molecular formula is C41H68N2O10. The van der Waals surface area contributed by atoms with E-state index in [9.17, 15) is 28.8 Å². The molecule has 0 spiro atoms. The molecule has 12 heteroatoms. The number of piperidine rings is 2. The molecule has 0 aromatic carbocycles. The van der Waals surface area contributed by atoms with Gasteiger partial charge in [0.1, 0.15) is 11.2 Å². The number of likely N-dealkylation sites (tertiary alicyclic amines) is 2. The Balaban J connectivity index is 0.000000530. The van der Waals surface area contributed by atoms with Gasteiger partial charge < -0.3 is 19.3 Å². The number of hydrogen-bond acceptors (Lipinski definition) is 9. The van der Waals surface area contributed by atoms with Crippen molar-refractivity contribution in [2.75, 3.05) is 20.2 Å². The zero-order valence-electron chi connectivity index (χ0n) is 34.3. The van der Waals surface area contributed by atoms with Crippen molar-refractivity contribution in [2.24, 2.45) is 23.7 Å². The molecule has 0 bridgehead atoms. The minimum atomic E-state index is -1.01. The Bertz CT molecular complexity index is 1270. The van der Waals surface area contributed by atoms with E-state index in [1.54, 1.807) is 42.7 Å². The number of carboxylic acid groups (broad SMARTS) is 1. The number of esters is 1. The number of aliphatic carboxylic acids is 1. The number of Topliss-reactive ketones (excluding diaryl/α,β-unsaturated/α-hetero) is 2. The molecule has 0 radical (unpaired) electrons. The Kier molecular flexibility index (Phi) is 20.1. The second-order valence-corrected chi connectivity index (χ2v) is 17.1. The van der Waals surface area contributed by atoms with E-state index in [-0.39, 0.29) is 29.8 Å². The molecule has 2 fully saturated rings. The van der Waals surface area contributed by atoms with Crippen LogP contribution in [0.5, 0.6) is 0 Å². The molecule has 1 N–H and O–H groups in total. The van der Waals surface area contributed by atoms with Gasteiger partial charge in [-0.25, -0.2) is 19.2 Å². The molecule has 2 rings (SSSR count). The molecule has 0 unspecified atom stereocenters. The van der Waals surface area contributed by atoms with Crippen LogP contribution in [0.3, 0.4) is 0 Å². The van der Waals surface area contributed by atoms with Crippen LogP contribution in [0.2, 0.25) is 0 Å². The molecule has 0 aliphatic carbocycles. The van der Waals surface area contributed by atoms with Gasteiger partial charge in [0.25, 0.3) is 0 Å². The van der Waals surface area contributed by atoms with Crippen molar-refractivity contribution in [1.29, 1.82) is 0 Å². The van der Waals surface area contributed by atoms with Gasteiger partial charge in [-0.1, -0.05) is 39.8 Å². The quantitative estimate of drug-likeness (QED) is 0.104. The topological polar surface area (TPSA) is 157 Å². The van der Waals surface area contributed by atoms with Crippen molar-refractivity contribution >= 4 is 35.7 Å². The number of allylic oxidation sites excluding steroid dienone is 2. The van der Waals surface area contributed by atoms with E-state index in [0.29, 0.717) is 44.2 Å². The van der Waals surface area contributed by atoms with Crippen LogP contribution >= 0.6 is 0 Å². The number of carbonyl (C=O) groups is 6. The number of ether oxygens (including phenoxy) is 3. The van der Waals surface area contributed by atoms with Crippen LogP contribution in [0.15, 0.2) is 24.3 Å². The van der Waals surface area contributed by atoms with Crippen molar-refractivity contribution in [3.63, 3.8) is 0 Å². The average molecular weight is 749 g/mol. The summed E-state index contributed by atoms with van der Waals surface area (Å²) < 4.78 is 15.6. The van der Waals surface area contributed by atoms with Crippen LogP contribution in [0.4, 0.5) is 9.59 Å². The van der Waals surface area contributed by atoms with Gasteiger partial charge in [-0.2, -0.15) is 0 Å². The number of ketones is 2. The summed E-state index contributed by atoms with van der Waals surface area (Å²) in [6.45, 7) is 20.2. The van der Waals surface area contributed by atoms with Gasteiger partial charge in [0, 0.05) is 38.1 Å². The van der Waals surface area contributed by atoms with Crippen LogP contribution in [-0.2, 0) is 33.4 Å². The number of amides is 2. The third kappa shape index (κ3) is 19.8. The molecular weight excluding hydrogens is 680 g/mol. The third-order valence-electron chi connectivity index (χ3n) is 8.70.